The number of aromatic nitrogens is 1. The van der Waals surface area contributed by atoms with Crippen LogP contribution >= 0.6 is 27.3 Å². The Morgan fingerprint density at radius 2 is 2.00 bits per heavy atom. The molecule has 0 bridgehead atoms. The minimum absolute atomic E-state index is 0.120. The molecule has 0 spiro atoms. The lowest BCUT2D eigenvalue weighted by atomic mass is 10.1. The highest BCUT2D eigenvalue weighted by Gasteiger charge is 2.17. The average Bonchev–Trinajstić information content (AvgIpc) is 3.37. The summed E-state index contributed by atoms with van der Waals surface area (Å²) in [5, 5.41) is 0.833. The largest absolute Gasteiger partial charge is 0.486 e. The number of benzene rings is 2. The molecule has 31 heavy (non-hydrogen) atoms. The number of thiazole rings is 1. The minimum Gasteiger partial charge on any atom is -0.486 e. The molecule has 2 heterocycles. The van der Waals surface area contributed by atoms with Crippen molar-refractivity contribution in [2.45, 2.75) is 20.5 Å². The smallest absolute Gasteiger partial charge is 0.344 e. The predicted molar refractivity (Wildman–Crippen MR) is 119 cm³/mol. The second-order valence-corrected chi connectivity index (χ2v) is 9.01. The molecule has 0 amide bonds. The molecule has 0 fully saturated rings. The van der Waals surface area contributed by atoms with Gasteiger partial charge in [0.15, 0.2) is 18.1 Å². The fourth-order valence-corrected chi connectivity index (χ4v) is 4.58. The standard InChI is InChI=1S/C22H20BrNO6S/c1-3-26-20(25)11-28-16-7-5-15(8-13(16)2)27-10-19-24-21(22(23)31-19)14-4-6-17-18(9-14)30-12-29-17/h4-9H,3,10-12H2,1-2H3. The van der Waals surface area contributed by atoms with Gasteiger partial charge in [0.2, 0.25) is 6.79 Å². The fourth-order valence-electron chi connectivity index (χ4n) is 2.98. The third-order valence-electron chi connectivity index (χ3n) is 4.44. The summed E-state index contributed by atoms with van der Waals surface area (Å²) >= 11 is 5.11. The van der Waals surface area contributed by atoms with E-state index in [2.05, 4.69) is 15.9 Å². The molecule has 0 unspecified atom stereocenters. The van der Waals surface area contributed by atoms with Crippen molar-refractivity contribution in [2.24, 2.45) is 0 Å². The lowest BCUT2D eigenvalue weighted by Crippen LogP contribution is -2.14. The lowest BCUT2D eigenvalue weighted by Gasteiger charge is -2.10. The van der Waals surface area contributed by atoms with Crippen LogP contribution in [0.15, 0.2) is 40.2 Å². The molecule has 9 heteroatoms. The van der Waals surface area contributed by atoms with Gasteiger partial charge in [-0.3, -0.25) is 0 Å². The summed E-state index contributed by atoms with van der Waals surface area (Å²) < 4.78 is 28.0. The summed E-state index contributed by atoms with van der Waals surface area (Å²) in [6, 6.07) is 11.2. The SMILES string of the molecule is CCOC(=O)COc1ccc(OCc2nc(-c3ccc4c(c3)OCO4)c(Br)s2)cc1C. The van der Waals surface area contributed by atoms with Crippen LogP contribution in [0.25, 0.3) is 11.3 Å². The molecule has 7 nitrogen and oxygen atoms in total. The molecule has 162 valence electrons. The number of carbonyl (C=O) groups is 1. The van der Waals surface area contributed by atoms with Crippen LogP contribution in [0.2, 0.25) is 0 Å². The van der Waals surface area contributed by atoms with Crippen molar-refractivity contribution in [1.82, 2.24) is 4.98 Å². The highest BCUT2D eigenvalue weighted by Crippen LogP contribution is 2.39. The van der Waals surface area contributed by atoms with Gasteiger partial charge in [-0.2, -0.15) is 0 Å². The van der Waals surface area contributed by atoms with Gasteiger partial charge in [0.25, 0.3) is 0 Å². The van der Waals surface area contributed by atoms with Gasteiger partial charge >= 0.3 is 5.97 Å². The summed E-state index contributed by atoms with van der Waals surface area (Å²) in [7, 11) is 0. The van der Waals surface area contributed by atoms with E-state index < -0.39 is 5.97 Å². The van der Waals surface area contributed by atoms with Gasteiger partial charge < -0.3 is 23.7 Å². The van der Waals surface area contributed by atoms with E-state index in [9.17, 15) is 4.79 Å². The fraction of sp³-hybridized carbons (Fsp3) is 0.273. The Morgan fingerprint density at radius 1 is 1.16 bits per heavy atom. The van der Waals surface area contributed by atoms with E-state index in [0.29, 0.717) is 24.7 Å². The first-order chi connectivity index (χ1) is 15.0. The second-order valence-electron chi connectivity index (χ2n) is 6.61. The van der Waals surface area contributed by atoms with Crippen LogP contribution in [0.4, 0.5) is 0 Å². The monoisotopic (exact) mass is 505 g/mol. The lowest BCUT2D eigenvalue weighted by molar-refractivity contribution is -0.145. The number of hydrogen-bond donors (Lipinski definition) is 0. The van der Waals surface area contributed by atoms with Crippen LogP contribution < -0.4 is 18.9 Å². The normalized spacial score (nSPS) is 12.0. The summed E-state index contributed by atoms with van der Waals surface area (Å²) in [6.07, 6.45) is 0. The van der Waals surface area contributed by atoms with Gasteiger partial charge in [-0.25, -0.2) is 9.78 Å². The number of aryl methyl sites for hydroxylation is 1. The molecule has 0 saturated heterocycles. The van der Waals surface area contributed by atoms with E-state index in [1.807, 2.05) is 31.2 Å². The van der Waals surface area contributed by atoms with E-state index in [1.54, 1.807) is 19.1 Å². The van der Waals surface area contributed by atoms with Crippen LogP contribution in [0.1, 0.15) is 17.5 Å². The van der Waals surface area contributed by atoms with Gasteiger partial charge in [-0.15, -0.1) is 11.3 Å². The minimum atomic E-state index is -0.394. The van der Waals surface area contributed by atoms with Crippen molar-refractivity contribution in [3.8, 4) is 34.3 Å². The number of carbonyl (C=O) groups excluding carboxylic acids is 1. The second kappa shape index (κ2) is 9.57. The Hall–Kier alpha value is -2.78. The molecule has 0 saturated carbocycles. The van der Waals surface area contributed by atoms with Gasteiger partial charge in [0, 0.05) is 5.56 Å². The van der Waals surface area contributed by atoms with Crippen LogP contribution in [0.5, 0.6) is 23.0 Å². The van der Waals surface area contributed by atoms with Crippen molar-refractivity contribution >= 4 is 33.2 Å². The molecule has 1 aromatic heterocycles. The van der Waals surface area contributed by atoms with E-state index in [-0.39, 0.29) is 13.4 Å². The van der Waals surface area contributed by atoms with Crippen molar-refractivity contribution in [3.63, 3.8) is 0 Å². The number of rotatable bonds is 8. The van der Waals surface area contributed by atoms with E-state index in [1.165, 1.54) is 11.3 Å². The third kappa shape index (κ3) is 5.11. The van der Waals surface area contributed by atoms with E-state index in [4.69, 9.17) is 28.7 Å². The first kappa shape index (κ1) is 21.5. The Kier molecular flexibility index (Phi) is 6.62. The number of halogens is 1. The zero-order valence-corrected chi connectivity index (χ0v) is 19.4. The number of esters is 1. The number of nitrogens with zero attached hydrogens (tertiary/aromatic N) is 1. The van der Waals surface area contributed by atoms with Crippen molar-refractivity contribution < 1.29 is 28.5 Å². The zero-order chi connectivity index (χ0) is 21.8. The van der Waals surface area contributed by atoms with Crippen molar-refractivity contribution in [2.75, 3.05) is 20.0 Å². The molecule has 4 rings (SSSR count). The van der Waals surface area contributed by atoms with Crippen molar-refractivity contribution in [1.29, 1.82) is 0 Å². The Balaban J connectivity index is 1.39. The third-order valence-corrected chi connectivity index (χ3v) is 6.11. The van der Waals surface area contributed by atoms with Gasteiger partial charge in [-0.05, 0) is 71.7 Å². The molecule has 2 aromatic carbocycles. The zero-order valence-electron chi connectivity index (χ0n) is 17.0. The van der Waals surface area contributed by atoms with E-state index >= 15 is 0 Å². The molecule has 0 atom stereocenters. The average molecular weight is 506 g/mol. The molecule has 0 aliphatic carbocycles. The van der Waals surface area contributed by atoms with Crippen molar-refractivity contribution in [3.05, 3.63) is 50.8 Å². The maximum Gasteiger partial charge on any atom is 0.344 e. The summed E-state index contributed by atoms with van der Waals surface area (Å²) in [5.41, 5.74) is 2.64. The first-order valence-corrected chi connectivity index (χ1v) is 11.2. The number of ether oxygens (including phenoxy) is 5. The Morgan fingerprint density at radius 3 is 2.81 bits per heavy atom. The predicted octanol–water partition coefficient (Wildman–Crippen LogP) is 5.13. The van der Waals surface area contributed by atoms with Gasteiger partial charge in [0.05, 0.1) is 16.1 Å². The summed E-state index contributed by atoms with van der Waals surface area (Å²) in [4.78, 5) is 16.1. The maximum atomic E-state index is 11.4. The van der Waals surface area contributed by atoms with E-state index in [0.717, 1.165) is 37.1 Å². The topological polar surface area (TPSA) is 76.1 Å². The number of hydrogen-bond acceptors (Lipinski definition) is 8. The van der Waals surface area contributed by atoms with Crippen LogP contribution in [0.3, 0.4) is 0 Å². The molecule has 1 aliphatic rings. The summed E-state index contributed by atoms with van der Waals surface area (Å²) in [5.74, 6) is 2.37. The van der Waals surface area contributed by atoms with Gasteiger partial charge in [0.1, 0.15) is 23.1 Å². The molecule has 0 N–H and O–H groups in total. The highest BCUT2D eigenvalue weighted by molar-refractivity contribution is 9.11. The molecular weight excluding hydrogens is 486 g/mol. The van der Waals surface area contributed by atoms with Crippen LogP contribution in [0, 0.1) is 6.92 Å². The Bertz CT molecular complexity index is 1100. The molecular formula is C22H20BrNO6S. The summed E-state index contributed by atoms with van der Waals surface area (Å²) in [6.45, 7) is 4.43. The quantitative estimate of drug-likeness (QED) is 0.392. The molecule has 1 aliphatic heterocycles. The molecule has 0 radical (unpaired) electrons. The van der Waals surface area contributed by atoms with Crippen LogP contribution in [-0.2, 0) is 16.1 Å². The maximum absolute atomic E-state index is 11.4. The van der Waals surface area contributed by atoms with Crippen LogP contribution in [-0.4, -0.2) is 31.0 Å². The Labute approximate surface area is 192 Å². The number of fused-ring (bicyclic) bond motifs is 1. The first-order valence-electron chi connectivity index (χ1n) is 9.60. The van der Waals surface area contributed by atoms with Gasteiger partial charge in [-0.1, -0.05) is 0 Å². The highest BCUT2D eigenvalue weighted by atomic mass is 79.9. The molecule has 3 aromatic rings.